The number of carbonyl (C=O) groups is 1. The Balaban J connectivity index is 1.49. The quantitative estimate of drug-likeness (QED) is 0.192. The molecular formula is C35H22Cl2N2O. The summed E-state index contributed by atoms with van der Waals surface area (Å²) in [6.45, 7) is 0. The second-order valence-electron chi connectivity index (χ2n) is 9.26. The van der Waals surface area contributed by atoms with Crippen LogP contribution in [0.25, 0.3) is 44.8 Å². The van der Waals surface area contributed by atoms with Crippen molar-refractivity contribution in [3.05, 3.63) is 155 Å². The maximum Gasteiger partial charge on any atom is 0.196 e. The van der Waals surface area contributed by atoms with Crippen molar-refractivity contribution in [3.8, 4) is 44.8 Å². The Bertz CT molecular complexity index is 1700. The number of benzene rings is 4. The van der Waals surface area contributed by atoms with E-state index in [4.69, 9.17) is 33.2 Å². The van der Waals surface area contributed by atoms with E-state index < -0.39 is 0 Å². The summed E-state index contributed by atoms with van der Waals surface area (Å²) in [5, 5.41) is 1.17. The zero-order chi connectivity index (χ0) is 27.5. The van der Waals surface area contributed by atoms with Crippen molar-refractivity contribution in [2.45, 2.75) is 0 Å². The Morgan fingerprint density at radius 2 is 0.850 bits per heavy atom. The summed E-state index contributed by atoms with van der Waals surface area (Å²) in [7, 11) is 0. The van der Waals surface area contributed by atoms with E-state index in [-0.39, 0.29) is 5.78 Å². The van der Waals surface area contributed by atoms with Crippen molar-refractivity contribution in [1.82, 2.24) is 9.97 Å². The third-order valence-electron chi connectivity index (χ3n) is 6.72. The third-order valence-corrected chi connectivity index (χ3v) is 7.38. The van der Waals surface area contributed by atoms with E-state index in [0.29, 0.717) is 21.2 Å². The van der Waals surface area contributed by atoms with E-state index in [1.165, 1.54) is 0 Å². The first-order chi connectivity index (χ1) is 19.6. The number of rotatable bonds is 6. The first kappa shape index (κ1) is 25.7. The van der Waals surface area contributed by atoms with Crippen molar-refractivity contribution in [1.29, 1.82) is 0 Å². The molecule has 2 heterocycles. The average Bonchev–Trinajstić information content (AvgIpc) is 3.01. The summed E-state index contributed by atoms with van der Waals surface area (Å²) in [5.74, 6) is -0.194. The minimum Gasteiger partial charge on any atom is -0.288 e. The molecule has 2 aromatic heterocycles. The molecule has 0 saturated carbocycles. The molecule has 6 rings (SSSR count). The molecule has 5 heteroatoms. The molecule has 0 amide bonds. The lowest BCUT2D eigenvalue weighted by molar-refractivity contribution is 0.103. The summed E-state index contributed by atoms with van der Waals surface area (Å²) in [5.41, 5.74) is 7.42. The molecule has 0 spiro atoms. The van der Waals surface area contributed by atoms with E-state index in [0.717, 1.165) is 44.8 Å². The first-order valence-electron chi connectivity index (χ1n) is 12.8. The molecule has 0 N–H and O–H groups in total. The van der Waals surface area contributed by atoms with Gasteiger partial charge >= 0.3 is 0 Å². The van der Waals surface area contributed by atoms with E-state index in [2.05, 4.69) is 0 Å². The molecule has 0 bridgehead atoms. The zero-order valence-corrected chi connectivity index (χ0v) is 22.8. The molecular weight excluding hydrogens is 535 g/mol. The van der Waals surface area contributed by atoms with Gasteiger partial charge in [-0.2, -0.15) is 0 Å². The van der Waals surface area contributed by atoms with Gasteiger partial charge in [0.05, 0.1) is 11.4 Å². The monoisotopic (exact) mass is 556 g/mol. The lowest BCUT2D eigenvalue weighted by Crippen LogP contribution is -2.05. The summed E-state index contributed by atoms with van der Waals surface area (Å²) in [6.07, 6.45) is 3.23. The highest BCUT2D eigenvalue weighted by molar-refractivity contribution is 6.34. The number of pyridine rings is 2. The Morgan fingerprint density at radius 3 is 1.25 bits per heavy atom. The van der Waals surface area contributed by atoms with Crippen LogP contribution in [0.2, 0.25) is 10.0 Å². The normalized spacial score (nSPS) is 10.8. The fourth-order valence-electron chi connectivity index (χ4n) is 4.77. The summed E-state index contributed by atoms with van der Waals surface area (Å²) >= 11 is 13.2. The summed E-state index contributed by atoms with van der Waals surface area (Å²) in [6, 6.07) is 38.6. The highest BCUT2D eigenvalue weighted by atomic mass is 35.5. The van der Waals surface area contributed by atoms with Crippen LogP contribution in [0.5, 0.6) is 0 Å². The minimum absolute atomic E-state index is 0.194. The fourth-order valence-corrected chi connectivity index (χ4v) is 5.24. The number of carbonyl (C=O) groups excluding carboxylic acids is 1. The van der Waals surface area contributed by atoms with Crippen LogP contribution in [0.15, 0.2) is 134 Å². The van der Waals surface area contributed by atoms with Gasteiger partial charge in [-0.15, -0.1) is 0 Å². The lowest BCUT2D eigenvalue weighted by atomic mass is 9.93. The molecule has 4 aromatic carbocycles. The van der Waals surface area contributed by atoms with E-state index in [1.807, 2.05) is 121 Å². The molecule has 0 fully saturated rings. The molecule has 6 aromatic rings. The maximum atomic E-state index is 13.9. The van der Waals surface area contributed by atoms with Gasteiger partial charge < -0.3 is 0 Å². The molecule has 0 aliphatic carbocycles. The van der Waals surface area contributed by atoms with Crippen LogP contribution in [0.1, 0.15) is 15.9 Å². The van der Waals surface area contributed by atoms with Crippen LogP contribution in [0.4, 0.5) is 0 Å². The van der Waals surface area contributed by atoms with Crippen LogP contribution < -0.4 is 0 Å². The van der Waals surface area contributed by atoms with Gasteiger partial charge in [0, 0.05) is 66.9 Å². The number of hydrogen-bond donors (Lipinski definition) is 0. The van der Waals surface area contributed by atoms with Crippen molar-refractivity contribution in [3.63, 3.8) is 0 Å². The highest BCUT2D eigenvalue weighted by Gasteiger charge is 2.20. The van der Waals surface area contributed by atoms with Crippen molar-refractivity contribution < 1.29 is 4.79 Å². The largest absolute Gasteiger partial charge is 0.288 e. The van der Waals surface area contributed by atoms with Gasteiger partial charge in [0.1, 0.15) is 0 Å². The topological polar surface area (TPSA) is 42.9 Å². The number of ketones is 1. The lowest BCUT2D eigenvalue weighted by Gasteiger charge is -2.14. The maximum absolute atomic E-state index is 13.9. The van der Waals surface area contributed by atoms with Gasteiger partial charge in [0.25, 0.3) is 0 Å². The zero-order valence-electron chi connectivity index (χ0n) is 21.3. The number of nitrogens with zero attached hydrogens (tertiary/aromatic N) is 2. The average molecular weight is 557 g/mol. The highest BCUT2D eigenvalue weighted by Crippen LogP contribution is 2.37. The van der Waals surface area contributed by atoms with Gasteiger partial charge in [-0.1, -0.05) is 120 Å². The predicted molar refractivity (Wildman–Crippen MR) is 164 cm³/mol. The smallest absolute Gasteiger partial charge is 0.196 e. The molecule has 0 unspecified atom stereocenters. The van der Waals surface area contributed by atoms with Crippen LogP contribution in [-0.2, 0) is 0 Å². The van der Waals surface area contributed by atoms with Gasteiger partial charge in [0.15, 0.2) is 5.78 Å². The minimum atomic E-state index is -0.194. The number of halogens is 2. The molecule has 0 aliphatic heterocycles. The molecule has 0 aliphatic rings. The summed E-state index contributed by atoms with van der Waals surface area (Å²) < 4.78 is 0. The van der Waals surface area contributed by atoms with Gasteiger partial charge in [0.2, 0.25) is 0 Å². The van der Waals surface area contributed by atoms with Crippen LogP contribution in [0.3, 0.4) is 0 Å². The van der Waals surface area contributed by atoms with Crippen LogP contribution in [0, 0.1) is 0 Å². The van der Waals surface area contributed by atoms with E-state index in [1.54, 1.807) is 12.4 Å². The van der Waals surface area contributed by atoms with Crippen LogP contribution in [-0.4, -0.2) is 15.8 Å². The van der Waals surface area contributed by atoms with Crippen molar-refractivity contribution in [2.75, 3.05) is 0 Å². The standard InChI is InChI=1S/C35H22Cl2N2O/c36-31-17-9-7-15-27(31)29-19-25(21-38-33(29)23-11-3-1-4-12-23)35(40)26-20-30(28-16-8-10-18-32(28)37)34(39-22-26)24-13-5-2-6-14-24/h1-22H. The van der Waals surface area contributed by atoms with Gasteiger partial charge in [-0.05, 0) is 24.3 Å². The molecule has 0 atom stereocenters. The second kappa shape index (κ2) is 11.3. The fraction of sp³-hybridized carbons (Fsp3) is 0. The predicted octanol–water partition coefficient (Wildman–Crippen LogP) is 9.68. The molecule has 3 nitrogen and oxygen atoms in total. The van der Waals surface area contributed by atoms with Crippen molar-refractivity contribution >= 4 is 29.0 Å². The molecule has 40 heavy (non-hydrogen) atoms. The number of hydrogen-bond acceptors (Lipinski definition) is 3. The molecule has 0 radical (unpaired) electrons. The number of aromatic nitrogens is 2. The Labute approximate surface area is 242 Å². The molecule has 192 valence electrons. The second-order valence-corrected chi connectivity index (χ2v) is 10.1. The van der Waals surface area contributed by atoms with Crippen LogP contribution >= 0.6 is 23.2 Å². The van der Waals surface area contributed by atoms with E-state index >= 15 is 0 Å². The Kier molecular flexibility index (Phi) is 7.24. The van der Waals surface area contributed by atoms with Crippen molar-refractivity contribution in [2.24, 2.45) is 0 Å². The SMILES string of the molecule is O=C(c1cnc(-c2ccccc2)c(-c2ccccc2Cl)c1)c1cnc(-c2ccccc2)c(-c2ccccc2Cl)c1. The van der Waals surface area contributed by atoms with E-state index in [9.17, 15) is 4.79 Å². The van der Waals surface area contributed by atoms with Gasteiger partial charge in [-0.3, -0.25) is 14.8 Å². The summed E-state index contributed by atoms with van der Waals surface area (Å²) in [4.78, 5) is 23.4. The Morgan fingerprint density at radius 1 is 0.475 bits per heavy atom. The Hall–Kier alpha value is -4.57. The van der Waals surface area contributed by atoms with Gasteiger partial charge in [-0.25, -0.2) is 0 Å². The first-order valence-corrected chi connectivity index (χ1v) is 13.5. The third kappa shape index (κ3) is 5.05. The molecule has 0 saturated heterocycles.